The van der Waals surface area contributed by atoms with Crippen LogP contribution < -0.4 is 0 Å². The summed E-state index contributed by atoms with van der Waals surface area (Å²) in [6, 6.07) is 4.11. The standard InChI is InChI=1S/C11H8F5NO/c12-7-2-1-6(5-17)8(3-7)9(18)4-11(15,16)10(13)14/h1-3,9-10,18H,4H2. The van der Waals surface area contributed by atoms with Gasteiger partial charge in [-0.1, -0.05) is 0 Å². The first-order chi connectivity index (χ1) is 8.27. The molecule has 0 saturated heterocycles. The second-order valence-electron chi connectivity index (χ2n) is 3.63. The maximum Gasteiger partial charge on any atom is 0.310 e. The van der Waals surface area contributed by atoms with Crippen LogP contribution in [0.4, 0.5) is 22.0 Å². The van der Waals surface area contributed by atoms with Gasteiger partial charge in [0.2, 0.25) is 0 Å². The van der Waals surface area contributed by atoms with Crippen LogP contribution in [0.3, 0.4) is 0 Å². The molecule has 0 fully saturated rings. The van der Waals surface area contributed by atoms with Crippen molar-refractivity contribution >= 4 is 0 Å². The third-order valence-corrected chi connectivity index (χ3v) is 2.28. The third kappa shape index (κ3) is 3.17. The van der Waals surface area contributed by atoms with E-state index >= 15 is 0 Å². The first-order valence-electron chi connectivity index (χ1n) is 4.81. The molecule has 1 atom stereocenters. The summed E-state index contributed by atoms with van der Waals surface area (Å²) in [5.74, 6) is -5.26. The molecule has 1 unspecified atom stereocenters. The molecule has 0 aromatic heterocycles. The van der Waals surface area contributed by atoms with E-state index in [9.17, 15) is 27.1 Å². The molecule has 98 valence electrons. The van der Waals surface area contributed by atoms with Crippen LogP contribution in [0.5, 0.6) is 0 Å². The molecule has 0 spiro atoms. The Hall–Kier alpha value is -1.68. The lowest BCUT2D eigenvalue weighted by Crippen LogP contribution is -2.29. The van der Waals surface area contributed by atoms with Crippen molar-refractivity contribution in [3.8, 4) is 6.07 Å². The Morgan fingerprint density at radius 3 is 2.44 bits per heavy atom. The molecule has 1 N–H and O–H groups in total. The molecule has 0 aliphatic heterocycles. The molecular weight excluding hydrogens is 257 g/mol. The number of hydrogen-bond donors (Lipinski definition) is 1. The van der Waals surface area contributed by atoms with Gasteiger partial charge in [0.15, 0.2) is 0 Å². The molecule has 18 heavy (non-hydrogen) atoms. The van der Waals surface area contributed by atoms with Gasteiger partial charge in [0.1, 0.15) is 5.82 Å². The number of benzene rings is 1. The van der Waals surface area contributed by atoms with E-state index in [0.29, 0.717) is 6.07 Å². The number of halogens is 5. The topological polar surface area (TPSA) is 44.0 Å². The van der Waals surface area contributed by atoms with Crippen molar-refractivity contribution in [2.45, 2.75) is 24.9 Å². The summed E-state index contributed by atoms with van der Waals surface area (Å²) in [4.78, 5) is 0. The third-order valence-electron chi connectivity index (χ3n) is 2.28. The summed E-state index contributed by atoms with van der Waals surface area (Å²) in [6.45, 7) is 0. The van der Waals surface area contributed by atoms with E-state index in [1.165, 1.54) is 0 Å². The molecule has 1 aromatic carbocycles. The van der Waals surface area contributed by atoms with E-state index < -0.39 is 36.3 Å². The fourth-order valence-corrected chi connectivity index (χ4v) is 1.37. The highest BCUT2D eigenvalue weighted by molar-refractivity contribution is 5.39. The molecule has 0 bridgehead atoms. The largest absolute Gasteiger partial charge is 0.388 e. The quantitative estimate of drug-likeness (QED) is 0.850. The maximum absolute atomic E-state index is 12.9. The summed E-state index contributed by atoms with van der Waals surface area (Å²) >= 11 is 0. The summed E-state index contributed by atoms with van der Waals surface area (Å²) in [6.07, 6.45) is -7.56. The Morgan fingerprint density at radius 1 is 1.33 bits per heavy atom. The van der Waals surface area contributed by atoms with E-state index in [-0.39, 0.29) is 5.56 Å². The molecule has 0 radical (unpaired) electrons. The monoisotopic (exact) mass is 265 g/mol. The summed E-state index contributed by atoms with van der Waals surface area (Å²) in [5, 5.41) is 18.1. The van der Waals surface area contributed by atoms with Crippen LogP contribution in [0.2, 0.25) is 0 Å². The lowest BCUT2D eigenvalue weighted by atomic mass is 9.98. The number of alkyl halides is 4. The number of aliphatic hydroxyl groups is 1. The van der Waals surface area contributed by atoms with Gasteiger partial charge in [-0.05, 0) is 18.2 Å². The summed E-state index contributed by atoms with van der Waals surface area (Å²) in [5.41, 5.74) is -0.674. The van der Waals surface area contributed by atoms with Crippen LogP contribution in [0.1, 0.15) is 23.7 Å². The van der Waals surface area contributed by atoms with Gasteiger partial charge in [-0.15, -0.1) is 0 Å². The smallest absolute Gasteiger partial charge is 0.310 e. The Labute approximate surface area is 99.3 Å². The molecule has 1 aromatic rings. The normalized spacial score (nSPS) is 13.4. The lowest BCUT2D eigenvalue weighted by Gasteiger charge is -2.19. The van der Waals surface area contributed by atoms with Crippen molar-refractivity contribution in [2.75, 3.05) is 0 Å². The van der Waals surface area contributed by atoms with E-state index in [2.05, 4.69) is 0 Å². The number of nitriles is 1. The minimum Gasteiger partial charge on any atom is -0.388 e. The molecule has 0 aliphatic rings. The molecule has 0 amide bonds. The van der Waals surface area contributed by atoms with Gasteiger partial charge in [-0.2, -0.15) is 5.26 Å². The highest BCUT2D eigenvalue weighted by Gasteiger charge is 2.43. The number of aliphatic hydroxyl groups excluding tert-OH is 1. The first-order valence-corrected chi connectivity index (χ1v) is 4.81. The Kier molecular flexibility index (Phi) is 4.24. The molecule has 0 aliphatic carbocycles. The van der Waals surface area contributed by atoms with Gasteiger partial charge >= 0.3 is 12.3 Å². The van der Waals surface area contributed by atoms with Gasteiger partial charge in [-0.25, -0.2) is 22.0 Å². The van der Waals surface area contributed by atoms with Crippen LogP contribution in [0.15, 0.2) is 18.2 Å². The molecule has 7 heteroatoms. The zero-order chi connectivity index (χ0) is 13.9. The predicted octanol–water partition coefficient (Wildman–Crippen LogP) is 3.02. The molecule has 1 rings (SSSR count). The predicted molar refractivity (Wildman–Crippen MR) is 51.6 cm³/mol. The highest BCUT2D eigenvalue weighted by Crippen LogP contribution is 2.34. The molecule has 2 nitrogen and oxygen atoms in total. The van der Waals surface area contributed by atoms with E-state index in [1.54, 1.807) is 6.07 Å². The number of rotatable bonds is 4. The van der Waals surface area contributed by atoms with E-state index in [1.807, 2.05) is 0 Å². The van der Waals surface area contributed by atoms with Crippen molar-refractivity contribution in [3.05, 3.63) is 35.1 Å². The Morgan fingerprint density at radius 2 is 1.94 bits per heavy atom. The lowest BCUT2D eigenvalue weighted by molar-refractivity contribution is -0.149. The SMILES string of the molecule is N#Cc1ccc(F)cc1C(O)CC(F)(F)C(F)F. The van der Waals surface area contributed by atoms with E-state index in [0.717, 1.165) is 12.1 Å². The van der Waals surface area contributed by atoms with Crippen molar-refractivity contribution in [2.24, 2.45) is 0 Å². The van der Waals surface area contributed by atoms with Crippen molar-refractivity contribution < 1.29 is 27.1 Å². The number of hydrogen-bond acceptors (Lipinski definition) is 2. The second-order valence-corrected chi connectivity index (χ2v) is 3.63. The van der Waals surface area contributed by atoms with Crippen LogP contribution in [0, 0.1) is 17.1 Å². The van der Waals surface area contributed by atoms with Crippen molar-refractivity contribution in [1.82, 2.24) is 0 Å². The zero-order valence-corrected chi connectivity index (χ0v) is 8.88. The molecule has 0 heterocycles. The second kappa shape index (κ2) is 5.31. The Bertz CT molecular complexity index is 469. The average Bonchev–Trinajstić information content (AvgIpc) is 2.28. The summed E-state index contributed by atoms with van der Waals surface area (Å²) < 4.78 is 62.2. The van der Waals surface area contributed by atoms with Crippen LogP contribution >= 0.6 is 0 Å². The number of nitrogens with zero attached hydrogens (tertiary/aromatic N) is 1. The molecule has 0 saturated carbocycles. The fourth-order valence-electron chi connectivity index (χ4n) is 1.37. The minimum absolute atomic E-state index is 0.242. The zero-order valence-electron chi connectivity index (χ0n) is 8.88. The highest BCUT2D eigenvalue weighted by atomic mass is 19.3. The Balaban J connectivity index is 3.01. The van der Waals surface area contributed by atoms with Gasteiger partial charge in [0.25, 0.3) is 0 Å². The molecular formula is C11H8F5NO. The van der Waals surface area contributed by atoms with Crippen molar-refractivity contribution in [3.63, 3.8) is 0 Å². The van der Waals surface area contributed by atoms with Gasteiger partial charge in [-0.3, -0.25) is 0 Å². The van der Waals surface area contributed by atoms with Gasteiger partial charge in [0, 0.05) is 12.0 Å². The van der Waals surface area contributed by atoms with Gasteiger partial charge < -0.3 is 5.11 Å². The van der Waals surface area contributed by atoms with Crippen LogP contribution in [-0.4, -0.2) is 17.5 Å². The van der Waals surface area contributed by atoms with Crippen molar-refractivity contribution in [1.29, 1.82) is 5.26 Å². The van der Waals surface area contributed by atoms with Gasteiger partial charge in [0.05, 0.1) is 17.7 Å². The summed E-state index contributed by atoms with van der Waals surface area (Å²) in [7, 11) is 0. The fraction of sp³-hybridized carbons (Fsp3) is 0.364. The minimum atomic E-state index is -4.40. The maximum atomic E-state index is 12.9. The average molecular weight is 265 g/mol. The van der Waals surface area contributed by atoms with Crippen LogP contribution in [-0.2, 0) is 0 Å². The van der Waals surface area contributed by atoms with E-state index in [4.69, 9.17) is 5.26 Å². The van der Waals surface area contributed by atoms with Crippen LogP contribution in [0.25, 0.3) is 0 Å². The first kappa shape index (κ1) is 14.4.